The molecule has 2 aromatic carbocycles. The smallest absolute Gasteiger partial charge is 0.258 e. The summed E-state index contributed by atoms with van der Waals surface area (Å²) in [5.74, 6) is 2.48. The number of fused-ring (bicyclic) bond motifs is 1. The third kappa shape index (κ3) is 2.12. The van der Waals surface area contributed by atoms with Crippen molar-refractivity contribution in [1.82, 2.24) is 10.1 Å². The van der Waals surface area contributed by atoms with Crippen LogP contribution in [0.1, 0.15) is 5.56 Å². The lowest BCUT2D eigenvalue weighted by atomic mass is 10.1. The normalized spacial score (nSPS) is 12.6. The van der Waals surface area contributed by atoms with Gasteiger partial charge in [-0.1, -0.05) is 22.9 Å². The first-order valence-electron chi connectivity index (χ1n) is 6.60. The molecular weight excluding hydrogens is 268 g/mol. The minimum absolute atomic E-state index is 0.250. The van der Waals surface area contributed by atoms with Gasteiger partial charge in [-0.2, -0.15) is 4.98 Å². The molecule has 0 saturated heterocycles. The molecule has 3 aromatic rings. The summed E-state index contributed by atoms with van der Waals surface area (Å²) >= 11 is 0. The van der Waals surface area contributed by atoms with Gasteiger partial charge in [-0.05, 0) is 37.3 Å². The molecule has 0 aliphatic carbocycles. The molecule has 0 radical (unpaired) electrons. The van der Waals surface area contributed by atoms with E-state index in [4.69, 9.17) is 14.0 Å². The lowest BCUT2D eigenvalue weighted by molar-refractivity contribution is 0.174. The molecule has 21 heavy (non-hydrogen) atoms. The molecule has 0 bridgehead atoms. The van der Waals surface area contributed by atoms with Crippen molar-refractivity contribution in [1.29, 1.82) is 0 Å². The van der Waals surface area contributed by atoms with E-state index in [1.807, 2.05) is 49.4 Å². The first kappa shape index (κ1) is 12.0. The second kappa shape index (κ2) is 4.63. The first-order valence-corrected chi connectivity index (χ1v) is 6.60. The Morgan fingerprint density at radius 3 is 2.76 bits per heavy atom. The Bertz CT molecular complexity index is 811. The number of nitrogens with zero attached hydrogens (tertiary/aromatic N) is 2. The second-order valence-electron chi connectivity index (χ2n) is 4.86. The summed E-state index contributed by atoms with van der Waals surface area (Å²) in [6, 6.07) is 13.5. The van der Waals surface area contributed by atoms with Gasteiger partial charge >= 0.3 is 0 Å². The van der Waals surface area contributed by atoms with Gasteiger partial charge in [0.05, 0.1) is 0 Å². The van der Waals surface area contributed by atoms with Crippen LogP contribution in [0.15, 0.2) is 47.0 Å². The molecule has 104 valence electrons. The van der Waals surface area contributed by atoms with Crippen LogP contribution in [0.5, 0.6) is 11.5 Å². The highest BCUT2D eigenvalue weighted by Crippen LogP contribution is 2.35. The van der Waals surface area contributed by atoms with Crippen molar-refractivity contribution < 1.29 is 14.0 Å². The maximum absolute atomic E-state index is 5.36. The van der Waals surface area contributed by atoms with E-state index in [-0.39, 0.29) is 6.79 Å². The summed E-state index contributed by atoms with van der Waals surface area (Å²) in [5, 5.41) is 4.04. The molecule has 4 rings (SSSR count). The highest BCUT2D eigenvalue weighted by Gasteiger charge is 2.17. The highest BCUT2D eigenvalue weighted by atomic mass is 16.7. The molecule has 1 aliphatic heterocycles. The summed E-state index contributed by atoms with van der Waals surface area (Å²) in [6.45, 7) is 2.28. The van der Waals surface area contributed by atoms with Gasteiger partial charge in [-0.15, -0.1) is 0 Å². The topological polar surface area (TPSA) is 57.4 Å². The highest BCUT2D eigenvalue weighted by molar-refractivity contribution is 5.63. The fraction of sp³-hybridized carbons (Fsp3) is 0.125. The molecule has 0 spiro atoms. The van der Waals surface area contributed by atoms with Crippen molar-refractivity contribution in [2.45, 2.75) is 6.92 Å². The van der Waals surface area contributed by atoms with Crippen molar-refractivity contribution in [2.24, 2.45) is 0 Å². The Hall–Kier alpha value is -2.82. The SMILES string of the molecule is Cc1cccc(-c2nc(-c3ccc4c(c3)OCO4)no2)c1. The van der Waals surface area contributed by atoms with Crippen LogP contribution in [0.3, 0.4) is 0 Å². The van der Waals surface area contributed by atoms with Crippen molar-refractivity contribution >= 4 is 0 Å². The van der Waals surface area contributed by atoms with Crippen LogP contribution < -0.4 is 9.47 Å². The van der Waals surface area contributed by atoms with Gasteiger partial charge in [0.2, 0.25) is 12.6 Å². The van der Waals surface area contributed by atoms with Gasteiger partial charge in [0.1, 0.15) is 0 Å². The Morgan fingerprint density at radius 2 is 1.86 bits per heavy atom. The van der Waals surface area contributed by atoms with E-state index in [0.29, 0.717) is 17.5 Å². The zero-order chi connectivity index (χ0) is 14.2. The van der Waals surface area contributed by atoms with Gasteiger partial charge in [-0.25, -0.2) is 0 Å². The van der Waals surface area contributed by atoms with Gasteiger partial charge in [-0.3, -0.25) is 0 Å². The van der Waals surface area contributed by atoms with Crippen LogP contribution in [-0.2, 0) is 0 Å². The Balaban J connectivity index is 1.71. The number of hydrogen-bond donors (Lipinski definition) is 0. The molecule has 0 unspecified atom stereocenters. The van der Waals surface area contributed by atoms with E-state index in [1.54, 1.807) is 0 Å². The average Bonchev–Trinajstić information content (AvgIpc) is 3.15. The number of rotatable bonds is 2. The predicted octanol–water partition coefficient (Wildman–Crippen LogP) is 3.44. The largest absolute Gasteiger partial charge is 0.454 e. The Labute approximate surface area is 121 Å². The zero-order valence-corrected chi connectivity index (χ0v) is 11.4. The molecule has 5 nitrogen and oxygen atoms in total. The molecule has 0 atom stereocenters. The van der Waals surface area contributed by atoms with Crippen LogP contribution in [0.25, 0.3) is 22.8 Å². The zero-order valence-electron chi connectivity index (χ0n) is 11.4. The fourth-order valence-electron chi connectivity index (χ4n) is 2.27. The van der Waals surface area contributed by atoms with Crippen LogP contribution in [0.4, 0.5) is 0 Å². The monoisotopic (exact) mass is 280 g/mol. The minimum Gasteiger partial charge on any atom is -0.454 e. The van der Waals surface area contributed by atoms with Gasteiger partial charge < -0.3 is 14.0 Å². The number of aromatic nitrogens is 2. The van der Waals surface area contributed by atoms with Crippen molar-refractivity contribution in [2.75, 3.05) is 6.79 Å². The number of ether oxygens (including phenoxy) is 2. The van der Waals surface area contributed by atoms with Crippen molar-refractivity contribution in [3.05, 3.63) is 48.0 Å². The molecule has 5 heteroatoms. The second-order valence-corrected chi connectivity index (χ2v) is 4.86. The van der Waals surface area contributed by atoms with Crippen LogP contribution >= 0.6 is 0 Å². The molecule has 1 aromatic heterocycles. The first-order chi connectivity index (χ1) is 10.3. The molecule has 0 N–H and O–H groups in total. The van der Waals surface area contributed by atoms with Gasteiger partial charge in [0, 0.05) is 11.1 Å². The van der Waals surface area contributed by atoms with Crippen LogP contribution in [0.2, 0.25) is 0 Å². The number of hydrogen-bond acceptors (Lipinski definition) is 5. The Morgan fingerprint density at radius 1 is 0.952 bits per heavy atom. The van der Waals surface area contributed by atoms with Crippen molar-refractivity contribution in [3.63, 3.8) is 0 Å². The maximum atomic E-state index is 5.36. The molecule has 0 fully saturated rings. The fourth-order valence-corrected chi connectivity index (χ4v) is 2.27. The quantitative estimate of drug-likeness (QED) is 0.719. The van der Waals surface area contributed by atoms with E-state index in [1.165, 1.54) is 0 Å². The standard InChI is InChI=1S/C16H12N2O3/c1-10-3-2-4-12(7-10)16-17-15(18-21-16)11-5-6-13-14(8-11)20-9-19-13/h2-8H,9H2,1H3. The summed E-state index contributed by atoms with van der Waals surface area (Å²) in [7, 11) is 0. The average molecular weight is 280 g/mol. The minimum atomic E-state index is 0.250. The molecule has 0 amide bonds. The summed E-state index contributed by atoms with van der Waals surface area (Å²) < 4.78 is 16.0. The summed E-state index contributed by atoms with van der Waals surface area (Å²) in [5.41, 5.74) is 2.90. The molecule has 2 heterocycles. The van der Waals surface area contributed by atoms with E-state index in [2.05, 4.69) is 10.1 Å². The van der Waals surface area contributed by atoms with E-state index in [0.717, 1.165) is 22.4 Å². The third-order valence-corrected chi connectivity index (χ3v) is 3.32. The summed E-state index contributed by atoms with van der Waals surface area (Å²) in [4.78, 5) is 4.44. The van der Waals surface area contributed by atoms with E-state index >= 15 is 0 Å². The molecule has 1 aliphatic rings. The summed E-state index contributed by atoms with van der Waals surface area (Å²) in [6.07, 6.45) is 0. The van der Waals surface area contributed by atoms with Crippen LogP contribution in [-0.4, -0.2) is 16.9 Å². The van der Waals surface area contributed by atoms with Crippen LogP contribution in [0, 0.1) is 6.92 Å². The maximum Gasteiger partial charge on any atom is 0.258 e. The lowest BCUT2D eigenvalue weighted by Gasteiger charge is -1.97. The van der Waals surface area contributed by atoms with Crippen molar-refractivity contribution in [3.8, 4) is 34.3 Å². The molecule has 0 saturated carbocycles. The van der Waals surface area contributed by atoms with Gasteiger partial charge in [0.25, 0.3) is 5.89 Å². The third-order valence-electron chi connectivity index (χ3n) is 3.32. The predicted molar refractivity (Wildman–Crippen MR) is 76.0 cm³/mol. The number of aryl methyl sites for hydroxylation is 1. The Kier molecular flexibility index (Phi) is 2.64. The lowest BCUT2D eigenvalue weighted by Crippen LogP contribution is -1.92. The molecular formula is C16H12N2O3. The van der Waals surface area contributed by atoms with E-state index in [9.17, 15) is 0 Å². The van der Waals surface area contributed by atoms with E-state index < -0.39 is 0 Å². The number of benzene rings is 2. The van der Waals surface area contributed by atoms with Gasteiger partial charge in [0.15, 0.2) is 11.5 Å².